The lowest BCUT2D eigenvalue weighted by atomic mass is 9.97. The van der Waals surface area contributed by atoms with Crippen LogP contribution in [0.25, 0.3) is 0 Å². The summed E-state index contributed by atoms with van der Waals surface area (Å²) in [7, 11) is 1.84. The van der Waals surface area contributed by atoms with Gasteiger partial charge in [-0.3, -0.25) is 14.3 Å². The summed E-state index contributed by atoms with van der Waals surface area (Å²) in [5, 5.41) is 11.1. The molecule has 0 aromatic carbocycles. The van der Waals surface area contributed by atoms with E-state index in [1.165, 1.54) is 0 Å². The molecule has 1 fully saturated rings. The number of aromatic nitrogens is 4. The van der Waals surface area contributed by atoms with Gasteiger partial charge in [0.05, 0.1) is 17.9 Å². The summed E-state index contributed by atoms with van der Waals surface area (Å²) in [5.41, 5.74) is 3.03. The Morgan fingerprint density at radius 1 is 1.32 bits per heavy atom. The fourth-order valence-electron chi connectivity index (χ4n) is 3.64. The van der Waals surface area contributed by atoms with Crippen molar-refractivity contribution in [2.45, 2.75) is 25.8 Å². The smallest absolute Gasteiger partial charge is 0.292 e. The average molecular weight is 382 g/mol. The quantitative estimate of drug-likeness (QED) is 0.709. The van der Waals surface area contributed by atoms with Crippen LogP contribution in [0.2, 0.25) is 0 Å². The Kier molecular flexibility index (Phi) is 4.50. The lowest BCUT2D eigenvalue weighted by Gasteiger charge is -2.18. The van der Waals surface area contributed by atoms with Gasteiger partial charge in [0, 0.05) is 44.5 Å². The van der Waals surface area contributed by atoms with Crippen molar-refractivity contribution in [3.05, 3.63) is 59.0 Å². The molecular weight excluding hydrogens is 360 g/mol. The molecule has 3 aromatic rings. The Morgan fingerprint density at radius 3 is 2.75 bits per heavy atom. The number of carbonyl (C=O) groups is 2. The summed E-state index contributed by atoms with van der Waals surface area (Å²) in [5.74, 6) is -0.288. The van der Waals surface area contributed by atoms with E-state index in [-0.39, 0.29) is 29.5 Å². The first-order valence-electron chi connectivity index (χ1n) is 9.08. The monoisotopic (exact) mass is 382 g/mol. The minimum atomic E-state index is -0.243. The molecule has 0 radical (unpaired) electrons. The molecular formula is C19H22N6O3. The zero-order valence-electron chi connectivity index (χ0n) is 16.0. The van der Waals surface area contributed by atoms with Crippen LogP contribution in [0, 0.1) is 13.8 Å². The molecule has 1 aliphatic rings. The molecule has 1 saturated heterocycles. The van der Waals surface area contributed by atoms with E-state index >= 15 is 0 Å². The minimum absolute atomic E-state index is 0.0686. The Balaban J connectivity index is 1.57. The van der Waals surface area contributed by atoms with Crippen LogP contribution in [0.15, 0.2) is 35.2 Å². The highest BCUT2D eigenvalue weighted by Crippen LogP contribution is 2.29. The van der Waals surface area contributed by atoms with E-state index in [0.29, 0.717) is 24.5 Å². The first kappa shape index (κ1) is 18.0. The van der Waals surface area contributed by atoms with Crippen LogP contribution < -0.4 is 5.32 Å². The summed E-state index contributed by atoms with van der Waals surface area (Å²) < 4.78 is 6.84. The normalized spacial score (nSPS) is 19.2. The minimum Gasteiger partial charge on any atom is -0.357 e. The summed E-state index contributed by atoms with van der Waals surface area (Å²) in [6, 6.07) is 3.23. The van der Waals surface area contributed by atoms with E-state index in [4.69, 9.17) is 4.52 Å². The molecule has 28 heavy (non-hydrogen) atoms. The average Bonchev–Trinajstić information content (AvgIpc) is 3.42. The van der Waals surface area contributed by atoms with Gasteiger partial charge in [0.25, 0.3) is 11.8 Å². The molecule has 146 valence electrons. The molecule has 4 heterocycles. The second-order valence-electron chi connectivity index (χ2n) is 7.21. The van der Waals surface area contributed by atoms with Crippen molar-refractivity contribution in [3.63, 3.8) is 0 Å². The number of H-pyrrole nitrogens is 1. The van der Waals surface area contributed by atoms with E-state index in [0.717, 1.165) is 11.1 Å². The fourth-order valence-corrected chi connectivity index (χ4v) is 3.64. The molecule has 2 amide bonds. The van der Waals surface area contributed by atoms with Gasteiger partial charge in [0.2, 0.25) is 5.76 Å². The second kappa shape index (κ2) is 6.99. The Hall–Kier alpha value is -3.36. The van der Waals surface area contributed by atoms with Crippen molar-refractivity contribution < 1.29 is 14.1 Å². The van der Waals surface area contributed by atoms with Gasteiger partial charge in [-0.25, -0.2) is 0 Å². The van der Waals surface area contributed by atoms with Crippen LogP contribution in [0.3, 0.4) is 0 Å². The lowest BCUT2D eigenvalue weighted by molar-refractivity contribution is 0.0742. The highest BCUT2D eigenvalue weighted by atomic mass is 16.5. The van der Waals surface area contributed by atoms with Crippen molar-refractivity contribution in [1.29, 1.82) is 0 Å². The van der Waals surface area contributed by atoms with E-state index in [2.05, 4.69) is 20.6 Å². The van der Waals surface area contributed by atoms with Crippen molar-refractivity contribution in [2.75, 3.05) is 13.1 Å². The zero-order valence-corrected chi connectivity index (χ0v) is 16.0. The lowest BCUT2D eigenvalue weighted by Crippen LogP contribution is -2.40. The number of nitrogens with one attached hydrogen (secondary N) is 2. The molecule has 3 aromatic heterocycles. The highest BCUT2D eigenvalue weighted by molar-refractivity contribution is 5.94. The van der Waals surface area contributed by atoms with Crippen LogP contribution >= 0.6 is 0 Å². The highest BCUT2D eigenvalue weighted by Gasteiger charge is 2.39. The number of rotatable bonds is 4. The van der Waals surface area contributed by atoms with Gasteiger partial charge in [0.1, 0.15) is 5.69 Å². The van der Waals surface area contributed by atoms with Crippen molar-refractivity contribution in [2.24, 2.45) is 7.05 Å². The third-order valence-corrected chi connectivity index (χ3v) is 5.10. The molecule has 0 saturated carbocycles. The van der Waals surface area contributed by atoms with E-state index in [1.54, 1.807) is 35.0 Å². The van der Waals surface area contributed by atoms with Crippen LogP contribution in [-0.4, -0.2) is 55.8 Å². The second-order valence-corrected chi connectivity index (χ2v) is 7.21. The summed E-state index contributed by atoms with van der Waals surface area (Å²) >= 11 is 0. The summed E-state index contributed by atoms with van der Waals surface area (Å²) in [6.45, 7) is 4.48. The number of nitrogens with zero attached hydrogens (tertiary/aromatic N) is 4. The molecule has 0 bridgehead atoms. The SMILES string of the molecule is Cc1cc(C(=O)N2C[C@@H](NC(=O)c3[nH]ccc3C)[C@H](c3cnn(C)c3)C2)on1. The fraction of sp³-hybridized carbons (Fsp3) is 0.368. The Bertz CT molecular complexity index is 1020. The maximum atomic E-state index is 12.8. The molecule has 9 nitrogen and oxygen atoms in total. The first-order chi connectivity index (χ1) is 13.4. The number of aryl methyl sites for hydroxylation is 3. The summed E-state index contributed by atoms with van der Waals surface area (Å²) in [4.78, 5) is 30.2. The van der Waals surface area contributed by atoms with Crippen LogP contribution in [0.4, 0.5) is 0 Å². The van der Waals surface area contributed by atoms with Crippen LogP contribution in [-0.2, 0) is 7.05 Å². The van der Waals surface area contributed by atoms with Gasteiger partial charge in [0.15, 0.2) is 0 Å². The Labute approximate surface area is 161 Å². The predicted octanol–water partition coefficient (Wildman–Crippen LogP) is 1.39. The molecule has 0 unspecified atom stereocenters. The van der Waals surface area contributed by atoms with Gasteiger partial charge in [-0.1, -0.05) is 5.16 Å². The first-order valence-corrected chi connectivity index (χ1v) is 9.08. The van der Waals surface area contributed by atoms with Crippen molar-refractivity contribution in [3.8, 4) is 0 Å². The standard InChI is InChI=1S/C19H22N6O3/c1-11-4-5-20-17(11)18(26)22-15-10-25(19(27)16-6-12(2)23-28-16)9-14(15)13-7-21-24(3)8-13/h4-8,14-15,20H,9-10H2,1-3H3,(H,22,26)/t14-,15+/m0/s1. The van der Waals surface area contributed by atoms with E-state index < -0.39 is 0 Å². The number of hydrogen-bond donors (Lipinski definition) is 2. The van der Waals surface area contributed by atoms with E-state index in [1.807, 2.05) is 26.2 Å². The Morgan fingerprint density at radius 2 is 2.14 bits per heavy atom. The molecule has 9 heteroatoms. The number of hydrogen-bond acceptors (Lipinski definition) is 5. The van der Waals surface area contributed by atoms with Gasteiger partial charge < -0.3 is 19.7 Å². The zero-order chi connectivity index (χ0) is 19.8. The molecule has 4 rings (SSSR count). The number of amides is 2. The van der Waals surface area contributed by atoms with Crippen molar-refractivity contribution in [1.82, 2.24) is 30.1 Å². The number of likely N-dealkylation sites (tertiary alicyclic amines) is 1. The molecule has 2 atom stereocenters. The van der Waals surface area contributed by atoms with Gasteiger partial charge >= 0.3 is 0 Å². The maximum absolute atomic E-state index is 12.8. The maximum Gasteiger partial charge on any atom is 0.292 e. The van der Waals surface area contributed by atoms with E-state index in [9.17, 15) is 9.59 Å². The number of carbonyl (C=O) groups excluding carboxylic acids is 2. The molecule has 0 spiro atoms. The van der Waals surface area contributed by atoms with Gasteiger partial charge in [-0.15, -0.1) is 0 Å². The predicted molar refractivity (Wildman–Crippen MR) is 99.9 cm³/mol. The summed E-state index contributed by atoms with van der Waals surface area (Å²) in [6.07, 6.45) is 5.42. The largest absolute Gasteiger partial charge is 0.357 e. The van der Waals surface area contributed by atoms with Crippen LogP contribution in [0.1, 0.15) is 43.8 Å². The number of aromatic amines is 1. The third kappa shape index (κ3) is 3.30. The molecule has 1 aliphatic heterocycles. The molecule has 0 aliphatic carbocycles. The van der Waals surface area contributed by atoms with Gasteiger partial charge in [-0.05, 0) is 31.0 Å². The molecule has 2 N–H and O–H groups in total. The van der Waals surface area contributed by atoms with Crippen LogP contribution in [0.5, 0.6) is 0 Å². The third-order valence-electron chi connectivity index (χ3n) is 5.10. The van der Waals surface area contributed by atoms with Crippen molar-refractivity contribution >= 4 is 11.8 Å². The van der Waals surface area contributed by atoms with Gasteiger partial charge in [-0.2, -0.15) is 5.10 Å². The topological polar surface area (TPSA) is 109 Å².